The predicted octanol–water partition coefficient (Wildman–Crippen LogP) is 0.935. The van der Waals surface area contributed by atoms with E-state index < -0.39 is 5.60 Å². The molecule has 0 radical (unpaired) electrons. The van der Waals surface area contributed by atoms with Gasteiger partial charge in [-0.2, -0.15) is 0 Å². The van der Waals surface area contributed by atoms with Gasteiger partial charge in [-0.3, -0.25) is 0 Å². The summed E-state index contributed by atoms with van der Waals surface area (Å²) in [5.74, 6) is 0.294. The molecule has 0 spiro atoms. The first kappa shape index (κ1) is 5.56. The molecule has 2 heteroatoms. The predicted molar refractivity (Wildman–Crippen MR) is 37.7 cm³/mol. The molecule has 0 amide bonds. The molecule has 0 aromatic rings. The highest BCUT2D eigenvalue weighted by Gasteiger charge is 2.62. The minimum Gasteiger partial charge on any atom is -0.390 e. The van der Waals surface area contributed by atoms with Crippen molar-refractivity contribution >= 4 is 0 Å². The van der Waals surface area contributed by atoms with Gasteiger partial charge in [-0.05, 0) is 19.7 Å². The molecule has 10 heavy (non-hydrogen) atoms. The first-order chi connectivity index (χ1) is 5.08. The Morgan fingerprint density at radius 3 is 2.80 bits per heavy atom. The number of aliphatic hydroxyl groups excluding tert-OH is 1. The van der Waals surface area contributed by atoms with Crippen LogP contribution in [0.3, 0.4) is 0 Å². The van der Waals surface area contributed by atoms with E-state index in [1.54, 1.807) is 6.92 Å². The van der Waals surface area contributed by atoms with Gasteiger partial charge >= 0.3 is 0 Å². The van der Waals surface area contributed by atoms with Crippen LogP contribution in [-0.4, -0.2) is 22.9 Å². The summed E-state index contributed by atoms with van der Waals surface area (Å²) in [5.41, 5.74) is -0.510. The largest absolute Gasteiger partial charge is 0.390 e. The Morgan fingerprint density at radius 1 is 1.90 bits per heavy atom. The van der Waals surface area contributed by atoms with Gasteiger partial charge in [0, 0.05) is 7.29 Å². The van der Waals surface area contributed by atoms with Crippen molar-refractivity contribution in [3.05, 3.63) is 0 Å². The summed E-state index contributed by atoms with van der Waals surface area (Å²) in [4.78, 5) is 0. The smallest absolute Gasteiger partial charge is 0.0949 e. The SMILES string of the molecule is [2H][C@@H](C)C12CC([C@H](C)O1)[C@@H]2O. The van der Waals surface area contributed by atoms with Crippen LogP contribution in [-0.2, 0) is 4.74 Å². The van der Waals surface area contributed by atoms with Crippen molar-refractivity contribution in [1.82, 2.24) is 0 Å². The van der Waals surface area contributed by atoms with E-state index in [1.165, 1.54) is 0 Å². The van der Waals surface area contributed by atoms with Gasteiger partial charge in [-0.1, -0.05) is 6.92 Å². The zero-order valence-electron chi connectivity index (χ0n) is 7.37. The fourth-order valence-electron chi connectivity index (χ4n) is 2.13. The first-order valence-corrected chi connectivity index (χ1v) is 3.86. The van der Waals surface area contributed by atoms with Crippen molar-refractivity contribution in [3.8, 4) is 0 Å². The number of fused-ring (bicyclic) bond motifs is 1. The summed E-state index contributed by atoms with van der Waals surface area (Å²) < 4.78 is 13.1. The molecule has 0 aromatic carbocycles. The van der Waals surface area contributed by atoms with Gasteiger partial charge in [0.05, 0.1) is 17.8 Å². The molecule has 2 aliphatic heterocycles. The van der Waals surface area contributed by atoms with Crippen LogP contribution in [0.4, 0.5) is 0 Å². The summed E-state index contributed by atoms with van der Waals surface area (Å²) in [5, 5.41) is 9.59. The van der Waals surface area contributed by atoms with Gasteiger partial charge in [0.15, 0.2) is 0 Å². The Morgan fingerprint density at radius 2 is 2.60 bits per heavy atom. The second kappa shape index (κ2) is 1.74. The van der Waals surface area contributed by atoms with E-state index >= 15 is 0 Å². The van der Waals surface area contributed by atoms with Crippen LogP contribution in [0.25, 0.3) is 0 Å². The topological polar surface area (TPSA) is 29.5 Å². The molecule has 3 aliphatic rings. The van der Waals surface area contributed by atoms with Gasteiger partial charge in [0.25, 0.3) is 0 Å². The molecule has 0 aromatic heterocycles. The van der Waals surface area contributed by atoms with E-state index in [1.807, 2.05) is 6.92 Å². The zero-order chi connectivity index (χ0) is 8.22. The number of hydrogen-bond donors (Lipinski definition) is 1. The quantitative estimate of drug-likeness (QED) is 0.592. The molecule has 2 nitrogen and oxygen atoms in total. The summed E-state index contributed by atoms with van der Waals surface area (Å²) in [7, 11) is 0. The minimum absolute atomic E-state index is 0.151. The van der Waals surface area contributed by atoms with Crippen molar-refractivity contribution in [2.24, 2.45) is 5.92 Å². The Labute approximate surface area is 62.6 Å². The second-order valence-electron chi connectivity index (χ2n) is 3.38. The molecule has 58 valence electrons. The molecule has 2 bridgehead atoms. The molecule has 3 rings (SSSR count). The maximum absolute atomic E-state index is 9.59. The molecule has 2 heterocycles. The third-order valence-corrected chi connectivity index (χ3v) is 2.96. The number of ether oxygens (including phenoxy) is 1. The fraction of sp³-hybridized carbons (Fsp3) is 1.00. The zero-order valence-corrected chi connectivity index (χ0v) is 6.37. The van der Waals surface area contributed by atoms with Crippen LogP contribution < -0.4 is 0 Å². The average Bonchev–Trinajstić information content (AvgIpc) is 2.38. The molecular formula is C8H14O2. The maximum atomic E-state index is 9.59. The lowest BCUT2D eigenvalue weighted by molar-refractivity contribution is -0.112. The first-order valence-electron chi connectivity index (χ1n) is 4.44. The molecule has 2 saturated heterocycles. The van der Waals surface area contributed by atoms with E-state index in [-0.39, 0.29) is 18.6 Å². The van der Waals surface area contributed by atoms with E-state index in [2.05, 4.69) is 0 Å². The van der Waals surface area contributed by atoms with Crippen molar-refractivity contribution < 1.29 is 11.2 Å². The second-order valence-corrected chi connectivity index (χ2v) is 3.38. The molecule has 1 saturated carbocycles. The van der Waals surface area contributed by atoms with Crippen LogP contribution in [0.15, 0.2) is 0 Å². The highest BCUT2D eigenvalue weighted by atomic mass is 16.5. The summed E-state index contributed by atoms with van der Waals surface area (Å²) >= 11 is 0. The normalized spacial score (nSPS) is 63.1. The Hall–Kier alpha value is -0.0800. The van der Waals surface area contributed by atoms with Crippen LogP contribution in [0, 0.1) is 5.92 Å². The highest BCUT2D eigenvalue weighted by Crippen LogP contribution is 2.53. The monoisotopic (exact) mass is 143 g/mol. The van der Waals surface area contributed by atoms with E-state index in [0.717, 1.165) is 6.42 Å². The Bertz CT molecular complexity index is 183. The fourth-order valence-corrected chi connectivity index (χ4v) is 2.13. The Balaban J connectivity index is 2.19. The molecule has 5 atom stereocenters. The molecule has 1 N–H and O–H groups in total. The maximum Gasteiger partial charge on any atom is 0.0949 e. The molecule has 1 aliphatic carbocycles. The third kappa shape index (κ3) is 0.523. The number of hydrogen-bond acceptors (Lipinski definition) is 2. The van der Waals surface area contributed by atoms with Crippen LogP contribution >= 0.6 is 0 Å². The van der Waals surface area contributed by atoms with Crippen LogP contribution in [0.2, 0.25) is 0 Å². The Kier molecular flexibility index (Phi) is 0.968. The highest BCUT2D eigenvalue weighted by molar-refractivity contribution is 5.11. The van der Waals surface area contributed by atoms with Gasteiger partial charge in [0.1, 0.15) is 0 Å². The minimum atomic E-state index is -0.510. The van der Waals surface area contributed by atoms with Gasteiger partial charge in [-0.25, -0.2) is 0 Å². The molecule has 3 fully saturated rings. The standard InChI is InChI=1S/C8H14O2/c1-3-8-4-6(7(8)9)5(2)10-8/h5-7,9H,3-4H2,1-2H3/t5-,6?,7-,8?/m0/s1/i3D/t3-,5-,6?,7-,8?. The summed E-state index contributed by atoms with van der Waals surface area (Å²) in [6.07, 6.45) is 0.335. The van der Waals surface area contributed by atoms with E-state index in [4.69, 9.17) is 6.11 Å². The van der Waals surface area contributed by atoms with Crippen molar-refractivity contribution in [2.45, 2.75) is 44.5 Å². The summed E-state index contributed by atoms with van der Waals surface area (Å²) in [6, 6.07) is 0. The van der Waals surface area contributed by atoms with Crippen LogP contribution in [0.5, 0.6) is 0 Å². The van der Waals surface area contributed by atoms with E-state index in [0.29, 0.717) is 5.92 Å². The lowest BCUT2D eigenvalue weighted by Gasteiger charge is -2.40. The van der Waals surface area contributed by atoms with Gasteiger partial charge in [0.2, 0.25) is 0 Å². The van der Waals surface area contributed by atoms with Gasteiger partial charge in [-0.15, -0.1) is 0 Å². The summed E-state index contributed by atoms with van der Waals surface area (Å²) in [6.45, 7) is 3.77. The lowest BCUT2D eigenvalue weighted by Crippen LogP contribution is -2.51. The third-order valence-electron chi connectivity index (χ3n) is 2.96. The average molecular weight is 143 g/mol. The lowest BCUT2D eigenvalue weighted by atomic mass is 9.68. The van der Waals surface area contributed by atoms with Crippen molar-refractivity contribution in [1.29, 1.82) is 0 Å². The van der Waals surface area contributed by atoms with Crippen molar-refractivity contribution in [3.63, 3.8) is 0 Å². The van der Waals surface area contributed by atoms with E-state index in [9.17, 15) is 5.11 Å². The van der Waals surface area contributed by atoms with Crippen LogP contribution in [0.1, 0.15) is 28.0 Å². The van der Waals surface area contributed by atoms with Crippen molar-refractivity contribution in [2.75, 3.05) is 0 Å². The molecule has 2 unspecified atom stereocenters. The number of aliphatic hydroxyl groups is 1. The van der Waals surface area contributed by atoms with Gasteiger partial charge < -0.3 is 9.84 Å². The number of rotatable bonds is 1. The molecular weight excluding hydrogens is 128 g/mol.